The quantitative estimate of drug-likeness (QED) is 0.737. The van der Waals surface area contributed by atoms with E-state index in [1.54, 1.807) is 17.1 Å². The van der Waals surface area contributed by atoms with E-state index in [1.165, 1.54) is 0 Å². The molecule has 0 spiro atoms. The molecule has 0 aromatic carbocycles. The minimum absolute atomic E-state index is 0.0595. The van der Waals surface area contributed by atoms with Gasteiger partial charge in [-0.25, -0.2) is 4.98 Å². The average Bonchev–Trinajstić information content (AvgIpc) is 3.08. The summed E-state index contributed by atoms with van der Waals surface area (Å²) in [6.45, 7) is 5.37. The second kappa shape index (κ2) is 8.03. The van der Waals surface area contributed by atoms with Crippen LogP contribution in [0, 0.1) is 13.8 Å². The molecule has 4 heterocycles. The van der Waals surface area contributed by atoms with Gasteiger partial charge in [0.1, 0.15) is 5.82 Å². The fourth-order valence-electron chi connectivity index (χ4n) is 3.86. The van der Waals surface area contributed by atoms with E-state index in [1.807, 2.05) is 50.2 Å². The van der Waals surface area contributed by atoms with Gasteiger partial charge in [-0.2, -0.15) is 5.10 Å². The second-order valence-corrected chi connectivity index (χ2v) is 7.66. The predicted molar refractivity (Wildman–Crippen MR) is 112 cm³/mol. The first-order chi connectivity index (χ1) is 14.0. The van der Waals surface area contributed by atoms with Crippen LogP contribution in [0.3, 0.4) is 0 Å². The van der Waals surface area contributed by atoms with Gasteiger partial charge in [-0.05, 0) is 50.5 Å². The van der Waals surface area contributed by atoms with Crippen molar-refractivity contribution in [1.82, 2.24) is 24.6 Å². The van der Waals surface area contributed by atoms with Gasteiger partial charge >= 0.3 is 0 Å². The molecule has 29 heavy (non-hydrogen) atoms. The fraction of sp³-hybridized carbons (Fsp3) is 0.364. The van der Waals surface area contributed by atoms with Gasteiger partial charge in [-0.1, -0.05) is 6.07 Å². The van der Waals surface area contributed by atoms with Crippen molar-refractivity contribution in [1.29, 1.82) is 0 Å². The predicted octanol–water partition coefficient (Wildman–Crippen LogP) is 3.59. The molecule has 4 rings (SSSR count). The van der Waals surface area contributed by atoms with E-state index in [0.717, 1.165) is 47.8 Å². The molecule has 7 heteroatoms. The molecule has 1 N–H and O–H groups in total. The molecular weight excluding hydrogens is 364 g/mol. The number of aryl methyl sites for hydroxylation is 3. The van der Waals surface area contributed by atoms with Gasteiger partial charge in [0, 0.05) is 44.1 Å². The molecule has 0 aliphatic carbocycles. The molecule has 1 atom stereocenters. The van der Waals surface area contributed by atoms with Gasteiger partial charge in [-0.15, -0.1) is 0 Å². The number of anilines is 2. The Bertz CT molecular complexity index is 1010. The number of pyridine rings is 2. The summed E-state index contributed by atoms with van der Waals surface area (Å²) in [5.41, 5.74) is 4.48. The van der Waals surface area contributed by atoms with E-state index in [9.17, 15) is 4.79 Å². The molecule has 0 radical (unpaired) electrons. The Hall–Kier alpha value is -3.22. The standard InChI is InChI=1S/C22H26N6O/c1-15-6-4-10-23-21(15)25-18-8-9-20(24-12-18)17-7-5-11-28(13-17)22(29)19-14-27(3)26-16(19)2/h4,6,8-10,12,14,17H,5,7,11,13H2,1-3H3,(H,23,25)/t17-/m0/s1. The van der Waals surface area contributed by atoms with E-state index in [0.29, 0.717) is 12.1 Å². The van der Waals surface area contributed by atoms with Gasteiger partial charge in [0.05, 0.1) is 23.1 Å². The van der Waals surface area contributed by atoms with Crippen LogP contribution in [0.15, 0.2) is 42.9 Å². The Morgan fingerprint density at radius 1 is 1.21 bits per heavy atom. The number of hydrogen-bond donors (Lipinski definition) is 1. The Kier molecular flexibility index (Phi) is 5.29. The highest BCUT2D eigenvalue weighted by molar-refractivity contribution is 5.95. The third kappa shape index (κ3) is 4.13. The van der Waals surface area contributed by atoms with Crippen LogP contribution in [0.5, 0.6) is 0 Å². The highest BCUT2D eigenvalue weighted by atomic mass is 16.2. The van der Waals surface area contributed by atoms with Gasteiger partial charge in [0.25, 0.3) is 5.91 Å². The zero-order chi connectivity index (χ0) is 20.4. The highest BCUT2D eigenvalue weighted by Crippen LogP contribution is 2.28. The Morgan fingerprint density at radius 2 is 2.07 bits per heavy atom. The van der Waals surface area contributed by atoms with E-state index in [2.05, 4.69) is 26.4 Å². The maximum absolute atomic E-state index is 12.9. The number of rotatable bonds is 4. The van der Waals surface area contributed by atoms with Crippen molar-refractivity contribution >= 4 is 17.4 Å². The van der Waals surface area contributed by atoms with Crippen LogP contribution in [0.4, 0.5) is 11.5 Å². The SMILES string of the molecule is Cc1cccnc1Nc1ccc([C@H]2CCCN(C(=O)c3cn(C)nc3C)C2)nc1. The molecule has 1 saturated heterocycles. The number of likely N-dealkylation sites (tertiary alicyclic amines) is 1. The van der Waals surface area contributed by atoms with Crippen molar-refractivity contribution < 1.29 is 4.79 Å². The number of aromatic nitrogens is 4. The molecule has 0 saturated carbocycles. The monoisotopic (exact) mass is 390 g/mol. The largest absolute Gasteiger partial charge is 0.339 e. The van der Waals surface area contributed by atoms with E-state index >= 15 is 0 Å². The normalized spacial score (nSPS) is 16.7. The summed E-state index contributed by atoms with van der Waals surface area (Å²) >= 11 is 0. The molecule has 1 aliphatic heterocycles. The van der Waals surface area contributed by atoms with E-state index < -0.39 is 0 Å². The lowest BCUT2D eigenvalue weighted by molar-refractivity contribution is 0.0705. The second-order valence-electron chi connectivity index (χ2n) is 7.66. The summed E-state index contributed by atoms with van der Waals surface area (Å²) in [6, 6.07) is 8.02. The molecule has 0 bridgehead atoms. The molecule has 7 nitrogen and oxygen atoms in total. The number of carbonyl (C=O) groups excluding carboxylic acids is 1. The van der Waals surface area contributed by atoms with Crippen molar-refractivity contribution in [3.8, 4) is 0 Å². The van der Waals surface area contributed by atoms with Gasteiger partial charge in [0.2, 0.25) is 0 Å². The Balaban J connectivity index is 1.45. The molecule has 3 aromatic rings. The fourth-order valence-corrected chi connectivity index (χ4v) is 3.86. The van der Waals surface area contributed by atoms with Gasteiger partial charge in [-0.3, -0.25) is 14.5 Å². The summed E-state index contributed by atoms with van der Waals surface area (Å²) in [6.07, 6.45) is 7.43. The van der Waals surface area contributed by atoms with Crippen molar-refractivity contribution in [2.24, 2.45) is 7.05 Å². The first-order valence-electron chi connectivity index (χ1n) is 9.95. The van der Waals surface area contributed by atoms with Crippen LogP contribution in [-0.4, -0.2) is 43.6 Å². The molecular formula is C22H26N6O. The first-order valence-corrected chi connectivity index (χ1v) is 9.95. The number of nitrogens with zero attached hydrogens (tertiary/aromatic N) is 5. The molecule has 150 valence electrons. The van der Waals surface area contributed by atoms with Gasteiger partial charge < -0.3 is 10.2 Å². The third-order valence-electron chi connectivity index (χ3n) is 5.43. The van der Waals surface area contributed by atoms with Crippen LogP contribution in [-0.2, 0) is 7.05 Å². The first kappa shape index (κ1) is 19.1. The third-order valence-corrected chi connectivity index (χ3v) is 5.43. The summed E-state index contributed by atoms with van der Waals surface area (Å²) in [5.74, 6) is 1.14. The summed E-state index contributed by atoms with van der Waals surface area (Å²) in [4.78, 5) is 23.9. The van der Waals surface area contributed by atoms with Crippen LogP contribution in [0.25, 0.3) is 0 Å². The Labute approximate surface area is 170 Å². The number of nitrogens with one attached hydrogen (secondary N) is 1. The van der Waals surface area contributed by atoms with E-state index in [4.69, 9.17) is 0 Å². The van der Waals surface area contributed by atoms with Crippen molar-refractivity contribution in [2.45, 2.75) is 32.6 Å². The van der Waals surface area contributed by atoms with Gasteiger partial charge in [0.15, 0.2) is 0 Å². The molecule has 0 unspecified atom stereocenters. The maximum atomic E-state index is 12.9. The summed E-state index contributed by atoms with van der Waals surface area (Å²) in [7, 11) is 1.84. The van der Waals surface area contributed by atoms with Crippen molar-refractivity contribution in [3.63, 3.8) is 0 Å². The molecule has 1 fully saturated rings. The Morgan fingerprint density at radius 3 is 2.76 bits per heavy atom. The molecule has 3 aromatic heterocycles. The summed E-state index contributed by atoms with van der Waals surface area (Å²) < 4.78 is 1.70. The summed E-state index contributed by atoms with van der Waals surface area (Å²) in [5, 5.41) is 7.61. The highest BCUT2D eigenvalue weighted by Gasteiger charge is 2.27. The van der Waals surface area contributed by atoms with Crippen LogP contribution < -0.4 is 5.32 Å². The van der Waals surface area contributed by atoms with E-state index in [-0.39, 0.29) is 11.8 Å². The van der Waals surface area contributed by atoms with Crippen LogP contribution >= 0.6 is 0 Å². The van der Waals surface area contributed by atoms with Crippen LogP contribution in [0.2, 0.25) is 0 Å². The lowest BCUT2D eigenvalue weighted by Gasteiger charge is -2.32. The van der Waals surface area contributed by atoms with Crippen LogP contribution in [0.1, 0.15) is 46.1 Å². The smallest absolute Gasteiger partial charge is 0.257 e. The number of hydrogen-bond acceptors (Lipinski definition) is 5. The molecule has 1 aliphatic rings. The zero-order valence-electron chi connectivity index (χ0n) is 17.1. The minimum atomic E-state index is 0.0595. The molecule has 1 amide bonds. The maximum Gasteiger partial charge on any atom is 0.257 e. The number of piperidine rings is 1. The van der Waals surface area contributed by atoms with Crippen molar-refractivity contribution in [3.05, 3.63) is 65.4 Å². The number of carbonyl (C=O) groups is 1. The minimum Gasteiger partial charge on any atom is -0.339 e. The average molecular weight is 390 g/mol. The number of amides is 1. The zero-order valence-corrected chi connectivity index (χ0v) is 17.1. The topological polar surface area (TPSA) is 75.9 Å². The van der Waals surface area contributed by atoms with Crippen molar-refractivity contribution in [2.75, 3.05) is 18.4 Å². The lowest BCUT2D eigenvalue weighted by atomic mass is 9.93. The lowest BCUT2D eigenvalue weighted by Crippen LogP contribution is -2.39.